The number of benzene rings is 1. The summed E-state index contributed by atoms with van der Waals surface area (Å²) in [5, 5.41) is 7.59. The Balaban J connectivity index is 2.15. The molecule has 0 aromatic heterocycles. The second kappa shape index (κ2) is 3.87. The molecule has 0 aliphatic carbocycles. The van der Waals surface area contributed by atoms with Crippen molar-refractivity contribution in [3.05, 3.63) is 42.6 Å². The molecule has 0 unspecified atom stereocenters. The van der Waals surface area contributed by atoms with E-state index in [2.05, 4.69) is 4.99 Å². The molecule has 0 radical (unpaired) electrons. The van der Waals surface area contributed by atoms with Gasteiger partial charge in [0.15, 0.2) is 0 Å². The minimum absolute atomic E-state index is 0.388. The molecule has 1 aromatic rings. The zero-order valence-corrected chi connectivity index (χ0v) is 7.60. The molecule has 1 aliphatic heterocycles. The fourth-order valence-electron chi connectivity index (χ4n) is 1.14. The third-order valence-electron chi connectivity index (χ3n) is 1.84. The molecule has 70 valence electrons. The topological polar surface area (TPSA) is 45.4 Å². The summed E-state index contributed by atoms with van der Waals surface area (Å²) in [7, 11) is 0. The Bertz CT molecular complexity index is 393. The Kier molecular flexibility index (Phi) is 2.40. The van der Waals surface area contributed by atoms with Crippen molar-refractivity contribution in [1.82, 2.24) is 0 Å². The zero-order valence-electron chi connectivity index (χ0n) is 7.60. The van der Waals surface area contributed by atoms with E-state index in [0.717, 1.165) is 0 Å². The van der Waals surface area contributed by atoms with Crippen molar-refractivity contribution in [2.45, 2.75) is 6.42 Å². The van der Waals surface area contributed by atoms with E-state index in [9.17, 15) is 0 Å². The monoisotopic (exact) mass is 186 g/mol. The van der Waals surface area contributed by atoms with Gasteiger partial charge in [-0.2, -0.15) is 0 Å². The summed E-state index contributed by atoms with van der Waals surface area (Å²) >= 11 is 0. The van der Waals surface area contributed by atoms with Gasteiger partial charge in [0, 0.05) is 12.6 Å². The molecule has 1 aromatic carbocycles. The van der Waals surface area contributed by atoms with Crippen LogP contribution in [0, 0.1) is 5.41 Å². The quantitative estimate of drug-likeness (QED) is 0.719. The first-order valence-electron chi connectivity index (χ1n) is 4.40. The maximum absolute atomic E-state index is 7.59. The van der Waals surface area contributed by atoms with Crippen molar-refractivity contribution in [1.29, 1.82) is 5.41 Å². The van der Waals surface area contributed by atoms with Crippen molar-refractivity contribution in [2.75, 3.05) is 0 Å². The van der Waals surface area contributed by atoms with Crippen molar-refractivity contribution in [3.63, 3.8) is 0 Å². The third-order valence-corrected chi connectivity index (χ3v) is 1.84. The Morgan fingerprint density at radius 2 is 2.00 bits per heavy atom. The van der Waals surface area contributed by atoms with Gasteiger partial charge in [-0.1, -0.05) is 24.3 Å². The van der Waals surface area contributed by atoms with E-state index < -0.39 is 0 Å². The summed E-state index contributed by atoms with van der Waals surface area (Å²) in [5.74, 6) is 1.10. The van der Waals surface area contributed by atoms with Crippen LogP contribution in [0.15, 0.2) is 47.6 Å². The van der Waals surface area contributed by atoms with Crippen LogP contribution in [0.25, 0.3) is 0 Å². The fourth-order valence-corrected chi connectivity index (χ4v) is 1.14. The van der Waals surface area contributed by atoms with Gasteiger partial charge in [0.25, 0.3) is 0 Å². The number of nitrogens with one attached hydrogen (secondary N) is 1. The maximum atomic E-state index is 7.59. The Hall–Kier alpha value is -1.90. The van der Waals surface area contributed by atoms with E-state index in [4.69, 9.17) is 10.1 Å². The van der Waals surface area contributed by atoms with Crippen LogP contribution in [0.2, 0.25) is 0 Å². The number of allylic oxidation sites excluding steroid dienone is 1. The average Bonchev–Trinajstić information content (AvgIpc) is 2.23. The molecule has 0 amide bonds. The normalized spacial score (nSPS) is 15.1. The predicted molar refractivity (Wildman–Crippen MR) is 56.0 cm³/mol. The lowest BCUT2D eigenvalue weighted by Crippen LogP contribution is -2.20. The summed E-state index contributed by atoms with van der Waals surface area (Å²) < 4.78 is 5.44. The van der Waals surface area contributed by atoms with Crippen LogP contribution in [0.4, 0.5) is 0 Å². The van der Waals surface area contributed by atoms with Crippen LogP contribution < -0.4 is 4.74 Å². The second-order valence-electron chi connectivity index (χ2n) is 2.92. The SMILES string of the molecule is N=C1CC=CN=C1Oc1ccccc1. The highest BCUT2D eigenvalue weighted by Crippen LogP contribution is 2.11. The van der Waals surface area contributed by atoms with E-state index in [1.165, 1.54) is 0 Å². The fraction of sp³-hybridized carbons (Fsp3) is 0.0909. The number of para-hydroxylation sites is 1. The summed E-state index contributed by atoms with van der Waals surface area (Å²) in [6.07, 6.45) is 4.09. The van der Waals surface area contributed by atoms with Crippen molar-refractivity contribution in [2.24, 2.45) is 4.99 Å². The number of rotatable bonds is 1. The molecular formula is C11H10N2O. The minimum Gasteiger partial charge on any atom is -0.437 e. The Morgan fingerprint density at radius 1 is 1.21 bits per heavy atom. The summed E-state index contributed by atoms with van der Waals surface area (Å²) in [6, 6.07) is 9.37. The second-order valence-corrected chi connectivity index (χ2v) is 2.92. The lowest BCUT2D eigenvalue weighted by molar-refractivity contribution is 0.558. The van der Waals surface area contributed by atoms with Gasteiger partial charge in [0.2, 0.25) is 5.90 Å². The smallest absolute Gasteiger partial charge is 0.240 e. The van der Waals surface area contributed by atoms with E-state index in [1.807, 2.05) is 36.4 Å². The lowest BCUT2D eigenvalue weighted by atomic mass is 10.2. The molecule has 14 heavy (non-hydrogen) atoms. The van der Waals surface area contributed by atoms with E-state index in [1.54, 1.807) is 6.20 Å². The highest BCUT2D eigenvalue weighted by atomic mass is 16.5. The Labute approximate surface area is 82.3 Å². The molecule has 0 saturated heterocycles. The standard InChI is InChI=1S/C11H10N2O/c12-10-7-4-8-13-11(10)14-9-5-2-1-3-6-9/h1-6,8,12H,7H2. The van der Waals surface area contributed by atoms with Gasteiger partial charge in [-0.3, -0.25) is 5.41 Å². The van der Waals surface area contributed by atoms with Gasteiger partial charge in [0.1, 0.15) is 5.75 Å². The van der Waals surface area contributed by atoms with Crippen LogP contribution in [-0.2, 0) is 0 Å². The lowest BCUT2D eigenvalue weighted by Gasteiger charge is -2.10. The number of aliphatic imine (C=N–C) groups is 1. The molecule has 1 aliphatic rings. The van der Waals surface area contributed by atoms with Crippen molar-refractivity contribution in [3.8, 4) is 5.75 Å². The maximum Gasteiger partial charge on any atom is 0.240 e. The molecule has 0 fully saturated rings. The van der Waals surface area contributed by atoms with Gasteiger partial charge >= 0.3 is 0 Å². The highest BCUT2D eigenvalue weighted by Gasteiger charge is 2.10. The van der Waals surface area contributed by atoms with Crippen LogP contribution >= 0.6 is 0 Å². The minimum atomic E-state index is 0.388. The molecule has 3 nitrogen and oxygen atoms in total. The van der Waals surface area contributed by atoms with Gasteiger partial charge in [-0.25, -0.2) is 4.99 Å². The molecule has 0 spiro atoms. The molecule has 3 heteroatoms. The predicted octanol–water partition coefficient (Wildman–Crippen LogP) is 2.40. The number of hydrogen-bond donors (Lipinski definition) is 1. The Morgan fingerprint density at radius 3 is 2.71 bits per heavy atom. The van der Waals surface area contributed by atoms with Gasteiger partial charge in [0.05, 0.1) is 5.71 Å². The number of ether oxygens (including phenoxy) is 1. The van der Waals surface area contributed by atoms with Gasteiger partial charge < -0.3 is 4.74 Å². The van der Waals surface area contributed by atoms with Gasteiger partial charge in [-0.15, -0.1) is 0 Å². The van der Waals surface area contributed by atoms with E-state index in [-0.39, 0.29) is 0 Å². The molecule has 1 heterocycles. The summed E-state index contributed by atoms with van der Waals surface area (Å²) in [6.45, 7) is 0. The average molecular weight is 186 g/mol. The molecule has 0 bridgehead atoms. The summed E-state index contributed by atoms with van der Waals surface area (Å²) in [5.41, 5.74) is 0.413. The number of hydrogen-bond acceptors (Lipinski definition) is 3. The molecule has 0 atom stereocenters. The molecule has 2 rings (SSSR count). The first-order valence-corrected chi connectivity index (χ1v) is 4.40. The molecular weight excluding hydrogens is 176 g/mol. The molecule has 0 saturated carbocycles. The van der Waals surface area contributed by atoms with Gasteiger partial charge in [-0.05, 0) is 12.1 Å². The zero-order chi connectivity index (χ0) is 9.80. The van der Waals surface area contributed by atoms with Crippen LogP contribution in [0.3, 0.4) is 0 Å². The first-order chi connectivity index (χ1) is 6.86. The number of nitrogens with zero attached hydrogens (tertiary/aromatic N) is 1. The molecule has 1 N–H and O–H groups in total. The first kappa shape index (κ1) is 8.69. The largest absolute Gasteiger partial charge is 0.437 e. The van der Waals surface area contributed by atoms with Crippen molar-refractivity contribution < 1.29 is 4.74 Å². The van der Waals surface area contributed by atoms with Crippen LogP contribution in [0.1, 0.15) is 6.42 Å². The van der Waals surface area contributed by atoms with Crippen LogP contribution in [-0.4, -0.2) is 11.6 Å². The van der Waals surface area contributed by atoms with Crippen LogP contribution in [0.5, 0.6) is 5.75 Å². The van der Waals surface area contributed by atoms with E-state index >= 15 is 0 Å². The van der Waals surface area contributed by atoms with Crippen molar-refractivity contribution >= 4 is 11.6 Å². The highest BCUT2D eigenvalue weighted by molar-refractivity contribution is 6.39. The van der Waals surface area contributed by atoms with E-state index in [0.29, 0.717) is 23.8 Å². The third kappa shape index (κ3) is 1.88. The summed E-state index contributed by atoms with van der Waals surface area (Å²) in [4.78, 5) is 4.00.